The Bertz CT molecular complexity index is 828. The van der Waals surface area contributed by atoms with E-state index in [0.717, 1.165) is 19.6 Å². The van der Waals surface area contributed by atoms with Gasteiger partial charge in [0.05, 0.1) is 5.56 Å². The molecule has 28 heavy (non-hydrogen) atoms. The van der Waals surface area contributed by atoms with E-state index in [1.807, 2.05) is 18.2 Å². The molecule has 0 N–H and O–H groups in total. The van der Waals surface area contributed by atoms with Crippen LogP contribution in [0.1, 0.15) is 28.8 Å². The summed E-state index contributed by atoms with van der Waals surface area (Å²) in [4.78, 5) is 28.6. The van der Waals surface area contributed by atoms with Gasteiger partial charge in [-0.1, -0.05) is 54.6 Å². The lowest BCUT2D eigenvalue weighted by Crippen LogP contribution is -2.48. The fourth-order valence-electron chi connectivity index (χ4n) is 3.28. The maximum Gasteiger partial charge on any atom is 0.223 e. The number of halogens is 1. The second kappa shape index (κ2) is 9.95. The van der Waals surface area contributed by atoms with Crippen LogP contribution in [0.2, 0.25) is 0 Å². The van der Waals surface area contributed by atoms with Gasteiger partial charge in [-0.25, -0.2) is 4.39 Å². The number of benzene rings is 2. The van der Waals surface area contributed by atoms with Gasteiger partial charge < -0.3 is 4.90 Å². The number of carbonyl (C=O) groups excluding carboxylic acids is 2. The Morgan fingerprint density at radius 2 is 1.57 bits per heavy atom. The van der Waals surface area contributed by atoms with Gasteiger partial charge in [0.1, 0.15) is 5.82 Å². The minimum absolute atomic E-state index is 0.0378. The number of ketones is 1. The molecule has 0 aliphatic carbocycles. The fraction of sp³-hybridized carbons (Fsp3) is 0.304. The highest BCUT2D eigenvalue weighted by atomic mass is 19.1. The average Bonchev–Trinajstić information content (AvgIpc) is 2.73. The Morgan fingerprint density at radius 3 is 2.29 bits per heavy atom. The maximum absolute atomic E-state index is 13.6. The minimum atomic E-state index is -0.530. The third-order valence-corrected chi connectivity index (χ3v) is 4.94. The lowest BCUT2D eigenvalue weighted by atomic mass is 10.1. The molecular formula is C23H25FN2O2. The lowest BCUT2D eigenvalue weighted by Gasteiger charge is -2.34. The summed E-state index contributed by atoms with van der Waals surface area (Å²) in [6, 6.07) is 16.1. The molecule has 1 heterocycles. The van der Waals surface area contributed by atoms with E-state index < -0.39 is 5.82 Å². The topological polar surface area (TPSA) is 40.6 Å². The third kappa shape index (κ3) is 5.60. The molecule has 2 aromatic carbocycles. The molecule has 2 aromatic rings. The van der Waals surface area contributed by atoms with E-state index in [9.17, 15) is 14.0 Å². The Hall–Kier alpha value is -2.79. The van der Waals surface area contributed by atoms with E-state index >= 15 is 0 Å². The van der Waals surface area contributed by atoms with Crippen LogP contribution in [-0.2, 0) is 4.79 Å². The highest BCUT2D eigenvalue weighted by molar-refractivity contribution is 5.98. The third-order valence-electron chi connectivity index (χ3n) is 4.94. The molecule has 0 unspecified atom stereocenters. The van der Waals surface area contributed by atoms with Crippen LogP contribution in [0.25, 0.3) is 6.08 Å². The zero-order chi connectivity index (χ0) is 19.8. The zero-order valence-electron chi connectivity index (χ0n) is 15.9. The number of hydrogen-bond acceptors (Lipinski definition) is 3. The first-order valence-electron chi connectivity index (χ1n) is 9.63. The van der Waals surface area contributed by atoms with Crippen molar-refractivity contribution in [3.63, 3.8) is 0 Å². The number of piperazine rings is 1. The normalized spacial score (nSPS) is 15.1. The van der Waals surface area contributed by atoms with E-state index in [1.54, 1.807) is 17.0 Å². The van der Waals surface area contributed by atoms with E-state index in [4.69, 9.17) is 0 Å². The summed E-state index contributed by atoms with van der Waals surface area (Å²) in [5, 5.41) is 0. The Labute approximate surface area is 165 Å². The van der Waals surface area contributed by atoms with Crippen molar-refractivity contribution >= 4 is 17.8 Å². The van der Waals surface area contributed by atoms with Crippen LogP contribution in [0.15, 0.2) is 60.7 Å². The number of nitrogens with zero attached hydrogens (tertiary/aromatic N) is 2. The van der Waals surface area contributed by atoms with E-state index in [1.165, 1.54) is 17.7 Å². The van der Waals surface area contributed by atoms with Crippen molar-refractivity contribution in [3.05, 3.63) is 77.6 Å². The summed E-state index contributed by atoms with van der Waals surface area (Å²) in [6.07, 6.45) is 4.41. The summed E-state index contributed by atoms with van der Waals surface area (Å²) in [5.74, 6) is -0.891. The maximum atomic E-state index is 13.6. The summed E-state index contributed by atoms with van der Waals surface area (Å²) in [6.45, 7) is 3.79. The first-order valence-corrected chi connectivity index (χ1v) is 9.63. The van der Waals surface area contributed by atoms with Crippen LogP contribution in [0, 0.1) is 5.82 Å². The van der Waals surface area contributed by atoms with E-state index in [0.29, 0.717) is 13.1 Å². The predicted octanol–water partition coefficient (Wildman–Crippen LogP) is 3.65. The van der Waals surface area contributed by atoms with Crippen molar-refractivity contribution < 1.29 is 14.0 Å². The Balaban J connectivity index is 1.39. The van der Waals surface area contributed by atoms with Gasteiger partial charge in [-0.3, -0.25) is 14.5 Å². The molecule has 1 aliphatic rings. The molecule has 5 heteroatoms. The summed E-state index contributed by atoms with van der Waals surface area (Å²) >= 11 is 0. The Kier molecular flexibility index (Phi) is 7.09. The van der Waals surface area contributed by atoms with Gasteiger partial charge >= 0.3 is 0 Å². The van der Waals surface area contributed by atoms with E-state index in [-0.39, 0.29) is 30.1 Å². The molecule has 1 fully saturated rings. The second-order valence-electron chi connectivity index (χ2n) is 6.90. The van der Waals surface area contributed by atoms with Gasteiger partial charge in [-0.05, 0) is 17.7 Å². The van der Waals surface area contributed by atoms with Crippen molar-refractivity contribution in [1.29, 1.82) is 0 Å². The molecule has 1 amide bonds. The van der Waals surface area contributed by atoms with Crippen LogP contribution >= 0.6 is 0 Å². The summed E-state index contributed by atoms with van der Waals surface area (Å²) in [5.41, 5.74) is 1.24. The number of amides is 1. The van der Waals surface area contributed by atoms with E-state index in [2.05, 4.69) is 29.2 Å². The highest BCUT2D eigenvalue weighted by Crippen LogP contribution is 2.12. The SMILES string of the molecule is O=C(CCC(=O)N1CCN(C/C=C/c2ccccc2)CC1)c1ccccc1F. The van der Waals surface area contributed by atoms with Gasteiger partial charge in [0.15, 0.2) is 5.78 Å². The largest absolute Gasteiger partial charge is 0.340 e. The first-order chi connectivity index (χ1) is 13.6. The van der Waals surface area contributed by atoms with Crippen molar-refractivity contribution in [1.82, 2.24) is 9.80 Å². The van der Waals surface area contributed by atoms with Crippen molar-refractivity contribution in [2.24, 2.45) is 0 Å². The quantitative estimate of drug-likeness (QED) is 0.689. The molecule has 1 saturated heterocycles. The molecule has 0 atom stereocenters. The first kappa shape index (κ1) is 20.0. The minimum Gasteiger partial charge on any atom is -0.340 e. The summed E-state index contributed by atoms with van der Waals surface area (Å²) in [7, 11) is 0. The van der Waals surface area contributed by atoms with Gasteiger partial charge in [0.2, 0.25) is 5.91 Å². The second-order valence-corrected chi connectivity index (χ2v) is 6.90. The van der Waals surface area contributed by atoms with Crippen molar-refractivity contribution in [2.45, 2.75) is 12.8 Å². The molecular weight excluding hydrogens is 355 g/mol. The van der Waals surface area contributed by atoms with Crippen LogP contribution in [0.3, 0.4) is 0 Å². The molecule has 0 spiro atoms. The molecule has 146 valence electrons. The number of rotatable bonds is 7. The van der Waals surface area contributed by atoms with Gasteiger partial charge in [0.25, 0.3) is 0 Å². The van der Waals surface area contributed by atoms with Gasteiger partial charge in [-0.2, -0.15) is 0 Å². The lowest BCUT2D eigenvalue weighted by molar-refractivity contribution is -0.132. The molecule has 0 radical (unpaired) electrons. The number of carbonyl (C=O) groups is 2. The highest BCUT2D eigenvalue weighted by Gasteiger charge is 2.21. The van der Waals surface area contributed by atoms with Crippen LogP contribution in [-0.4, -0.2) is 54.2 Å². The van der Waals surface area contributed by atoms with Crippen molar-refractivity contribution in [2.75, 3.05) is 32.7 Å². The monoisotopic (exact) mass is 380 g/mol. The van der Waals surface area contributed by atoms with Crippen LogP contribution < -0.4 is 0 Å². The predicted molar refractivity (Wildman–Crippen MR) is 108 cm³/mol. The zero-order valence-corrected chi connectivity index (χ0v) is 15.9. The number of Topliss-reactive ketones (excluding diaryl/α,β-unsaturated/α-hetero) is 1. The molecule has 1 aliphatic heterocycles. The summed E-state index contributed by atoms with van der Waals surface area (Å²) < 4.78 is 13.6. The van der Waals surface area contributed by atoms with Gasteiger partial charge in [0, 0.05) is 45.6 Å². The van der Waals surface area contributed by atoms with Crippen LogP contribution in [0.5, 0.6) is 0 Å². The number of hydrogen-bond donors (Lipinski definition) is 0. The standard InChI is InChI=1S/C23H25FN2O2/c24-21-11-5-4-10-20(21)22(27)12-13-23(28)26-17-15-25(16-18-26)14-6-9-19-7-2-1-3-8-19/h1-11H,12-18H2/b9-6+. The molecule has 0 bridgehead atoms. The average molecular weight is 380 g/mol. The molecule has 0 saturated carbocycles. The van der Waals surface area contributed by atoms with Crippen molar-refractivity contribution in [3.8, 4) is 0 Å². The molecule has 3 rings (SSSR count). The fourth-order valence-corrected chi connectivity index (χ4v) is 3.28. The molecule has 4 nitrogen and oxygen atoms in total. The van der Waals surface area contributed by atoms with Gasteiger partial charge in [-0.15, -0.1) is 0 Å². The van der Waals surface area contributed by atoms with Crippen LogP contribution in [0.4, 0.5) is 4.39 Å². The molecule has 0 aromatic heterocycles. The Morgan fingerprint density at radius 1 is 0.893 bits per heavy atom. The smallest absolute Gasteiger partial charge is 0.223 e.